The van der Waals surface area contributed by atoms with Crippen molar-refractivity contribution in [1.82, 2.24) is 0 Å². The number of carbonyl (C=O) groups excluding carboxylic acids is 2. The molecule has 2 aromatic rings. The Morgan fingerprint density at radius 2 is 0.839 bits per heavy atom. The molecule has 0 heterocycles. The SMILES string of the molecule is NS(=O)(=O)c1ccccc1C(=O)[O-].NS(=O)(=O)c1ccccc1C(=O)[O-].[Mn+2].[OH3+].[OH3+].[OH3+].[OH3+]. The number of aromatic carboxylic acids is 2. The van der Waals surface area contributed by atoms with Gasteiger partial charge in [-0.3, -0.25) is 0 Å². The van der Waals surface area contributed by atoms with Gasteiger partial charge in [-0.05, 0) is 12.1 Å². The fourth-order valence-electron chi connectivity index (χ4n) is 1.77. The average Bonchev–Trinajstić information content (AvgIpc) is 2.54. The smallest absolute Gasteiger partial charge is 0.545 e. The van der Waals surface area contributed by atoms with Gasteiger partial charge in [-0.15, -0.1) is 0 Å². The van der Waals surface area contributed by atoms with E-state index in [-0.39, 0.29) is 39.0 Å². The molecule has 0 fully saturated rings. The van der Waals surface area contributed by atoms with Gasteiger partial charge < -0.3 is 41.7 Å². The van der Waals surface area contributed by atoms with Gasteiger partial charge >= 0.3 is 17.1 Å². The fourth-order valence-corrected chi connectivity index (χ4v) is 3.22. The van der Waals surface area contributed by atoms with Gasteiger partial charge in [0.15, 0.2) is 0 Å². The molecule has 0 atom stereocenters. The molecule has 1 radical (unpaired) electrons. The first-order valence-corrected chi connectivity index (χ1v) is 9.61. The van der Waals surface area contributed by atoms with Crippen molar-refractivity contribution >= 4 is 32.0 Å². The standard InChI is InChI=1S/2C7H7NO4S.Mn.4H2O/c2*8-13(11,12)6-4-2-1-3-5(6)7(9)10;;;;;/h2*1-4H,(H,9,10)(H2,8,11,12);;4*1H2/q;;+2;;;;/p+2. The van der Waals surface area contributed by atoms with Crippen LogP contribution >= 0.6 is 0 Å². The summed E-state index contributed by atoms with van der Waals surface area (Å²) in [6.07, 6.45) is 0. The van der Waals surface area contributed by atoms with Crippen LogP contribution in [0.4, 0.5) is 0 Å². The van der Waals surface area contributed by atoms with Crippen molar-refractivity contribution in [2.75, 3.05) is 0 Å². The quantitative estimate of drug-likeness (QED) is 0.281. The molecule has 0 unspecified atom stereocenters. The minimum Gasteiger partial charge on any atom is -0.545 e. The molecule has 2 aromatic carbocycles. The van der Waals surface area contributed by atoms with Crippen molar-refractivity contribution in [3.8, 4) is 0 Å². The topological polar surface area (TPSA) is 333 Å². The third kappa shape index (κ3) is 11.5. The molecule has 2 rings (SSSR count). The van der Waals surface area contributed by atoms with E-state index >= 15 is 0 Å². The van der Waals surface area contributed by atoms with Gasteiger partial charge in [0.1, 0.15) is 0 Å². The molecule has 0 aliphatic rings. The predicted octanol–water partition coefficient (Wildman–Crippen LogP) is -6.30. The second kappa shape index (κ2) is 15.4. The maximum absolute atomic E-state index is 10.8. The Balaban J connectivity index is -0.000000125. The van der Waals surface area contributed by atoms with Crippen LogP contribution in [-0.4, -0.2) is 28.8 Å². The maximum Gasteiger partial charge on any atom is 2.00 e. The number of sulfonamides is 2. The van der Waals surface area contributed by atoms with Gasteiger partial charge in [0.05, 0.1) is 21.7 Å². The molecule has 16 N–H and O–H groups in total. The summed E-state index contributed by atoms with van der Waals surface area (Å²) in [6.45, 7) is 0. The van der Waals surface area contributed by atoms with Crippen molar-refractivity contribution in [3.63, 3.8) is 0 Å². The van der Waals surface area contributed by atoms with E-state index in [0.717, 1.165) is 24.3 Å². The van der Waals surface area contributed by atoms with Crippen molar-refractivity contribution in [3.05, 3.63) is 59.7 Å². The molecule has 0 spiro atoms. The van der Waals surface area contributed by atoms with E-state index in [1.54, 1.807) is 0 Å². The van der Waals surface area contributed by atoms with Crippen LogP contribution in [0.15, 0.2) is 58.3 Å². The average molecular weight is 531 g/mol. The molecule has 0 amide bonds. The zero-order valence-electron chi connectivity index (χ0n) is 15.5. The Labute approximate surface area is 187 Å². The number of rotatable bonds is 4. The zero-order valence-corrected chi connectivity index (χ0v) is 18.4. The van der Waals surface area contributed by atoms with Crippen molar-refractivity contribution in [2.24, 2.45) is 10.3 Å². The van der Waals surface area contributed by atoms with E-state index in [4.69, 9.17) is 10.3 Å². The summed E-state index contributed by atoms with van der Waals surface area (Å²) in [7, 11) is -8.00. The van der Waals surface area contributed by atoms with E-state index in [9.17, 15) is 36.6 Å². The first-order chi connectivity index (χ1) is 11.9. The summed E-state index contributed by atoms with van der Waals surface area (Å²) < 4.78 is 43.4. The Hall–Kier alpha value is -2.44. The molecule has 0 saturated heterocycles. The van der Waals surface area contributed by atoms with Crippen LogP contribution in [0.1, 0.15) is 20.7 Å². The Bertz CT molecular complexity index is 973. The molecule has 0 bridgehead atoms. The number of benzene rings is 2. The number of hydrogen-bond acceptors (Lipinski definition) is 8. The number of carboxylic acid groups (broad SMARTS) is 2. The molecule has 14 nitrogen and oxygen atoms in total. The first-order valence-electron chi connectivity index (χ1n) is 6.52. The van der Waals surface area contributed by atoms with Crippen LogP contribution in [0, 0.1) is 0 Å². The van der Waals surface area contributed by atoms with E-state index in [2.05, 4.69) is 0 Å². The van der Waals surface area contributed by atoms with Crippen molar-refractivity contribution in [1.29, 1.82) is 0 Å². The fraction of sp³-hybridized carbons (Fsp3) is 0. The minimum absolute atomic E-state index is 0. The van der Waals surface area contributed by atoms with Gasteiger partial charge in [0.2, 0.25) is 20.0 Å². The summed E-state index contributed by atoms with van der Waals surface area (Å²) in [6, 6.07) is 10.0. The van der Waals surface area contributed by atoms with E-state index in [1.807, 2.05) is 0 Å². The molecular formula is C14H24MnN2O12S2+4. The second-order valence-corrected chi connectivity index (χ2v) is 7.72. The Morgan fingerprint density at radius 3 is 1.00 bits per heavy atom. The number of nitrogens with two attached hydrogens (primary N) is 2. The second-order valence-electron chi connectivity index (χ2n) is 4.66. The maximum atomic E-state index is 10.8. The largest absolute Gasteiger partial charge is 2.00 e. The summed E-state index contributed by atoms with van der Waals surface area (Å²) in [5.74, 6) is -3.13. The van der Waals surface area contributed by atoms with Crippen LogP contribution in [0.2, 0.25) is 0 Å². The number of carbonyl (C=O) groups is 2. The summed E-state index contributed by atoms with van der Waals surface area (Å²) in [5, 5.41) is 30.4. The number of hydrogen-bond donors (Lipinski definition) is 2. The normalized spacial score (nSPS) is 9.35. The number of primary sulfonamides is 2. The molecule has 177 valence electrons. The molecule has 0 aliphatic carbocycles. The Morgan fingerprint density at radius 1 is 0.613 bits per heavy atom. The van der Waals surface area contributed by atoms with E-state index in [1.165, 1.54) is 24.3 Å². The zero-order chi connectivity index (χ0) is 20.1. The van der Waals surface area contributed by atoms with Gasteiger partial charge in [-0.2, -0.15) is 0 Å². The molecule has 0 aliphatic heterocycles. The van der Waals surface area contributed by atoms with Crippen LogP contribution in [0.25, 0.3) is 0 Å². The van der Waals surface area contributed by atoms with Gasteiger partial charge in [-0.1, -0.05) is 36.4 Å². The Kier molecular flexibility index (Phi) is 19.4. The van der Waals surface area contributed by atoms with E-state index < -0.39 is 52.9 Å². The van der Waals surface area contributed by atoms with Crippen molar-refractivity contribution in [2.45, 2.75) is 9.79 Å². The van der Waals surface area contributed by atoms with Crippen LogP contribution in [0.5, 0.6) is 0 Å². The molecule has 17 heteroatoms. The molecular weight excluding hydrogens is 507 g/mol. The molecule has 0 saturated carbocycles. The summed E-state index contributed by atoms with van der Waals surface area (Å²) >= 11 is 0. The number of carboxylic acids is 2. The molecule has 31 heavy (non-hydrogen) atoms. The van der Waals surface area contributed by atoms with Gasteiger partial charge in [0, 0.05) is 11.1 Å². The van der Waals surface area contributed by atoms with Crippen LogP contribution in [0.3, 0.4) is 0 Å². The summed E-state index contributed by atoms with van der Waals surface area (Å²) in [5.41, 5.74) is -0.852. The predicted molar refractivity (Wildman–Crippen MR) is 104 cm³/mol. The van der Waals surface area contributed by atoms with Gasteiger partial charge in [-0.25, -0.2) is 27.1 Å². The van der Waals surface area contributed by atoms with Crippen molar-refractivity contribution < 1.29 is 75.6 Å². The van der Waals surface area contributed by atoms with E-state index in [0.29, 0.717) is 0 Å². The minimum atomic E-state index is -4.00. The third-order valence-electron chi connectivity index (χ3n) is 2.83. The first kappa shape index (κ1) is 39.1. The third-order valence-corrected chi connectivity index (χ3v) is 4.77. The monoisotopic (exact) mass is 531 g/mol. The molecule has 0 aromatic heterocycles. The van der Waals surface area contributed by atoms with Crippen LogP contribution in [-0.2, 0) is 59.0 Å². The van der Waals surface area contributed by atoms with Crippen LogP contribution < -0.4 is 20.5 Å². The summed E-state index contributed by atoms with van der Waals surface area (Å²) in [4.78, 5) is 20.0. The van der Waals surface area contributed by atoms with Gasteiger partial charge in [0.25, 0.3) is 0 Å².